The minimum Gasteiger partial charge on any atom is -0.504 e. The van der Waals surface area contributed by atoms with Crippen LogP contribution in [0.1, 0.15) is 18.9 Å². The summed E-state index contributed by atoms with van der Waals surface area (Å²) in [5, 5.41) is 16.8. The molecule has 3 rings (SSSR count). The first-order valence-corrected chi connectivity index (χ1v) is 10.3. The van der Waals surface area contributed by atoms with E-state index < -0.39 is 0 Å². The normalized spacial score (nSPS) is 16.3. The van der Waals surface area contributed by atoms with E-state index >= 15 is 0 Å². The van der Waals surface area contributed by atoms with Crippen molar-refractivity contribution in [3.63, 3.8) is 0 Å². The average molecular weight is 575 g/mol. The van der Waals surface area contributed by atoms with Gasteiger partial charge >= 0.3 is 0 Å². The van der Waals surface area contributed by atoms with E-state index in [0.717, 1.165) is 42.1 Å². The largest absolute Gasteiger partial charge is 0.504 e. The zero-order valence-electron chi connectivity index (χ0n) is 16.7. The van der Waals surface area contributed by atoms with Gasteiger partial charge in [-0.1, -0.05) is 22.0 Å². The van der Waals surface area contributed by atoms with Crippen molar-refractivity contribution in [3.05, 3.63) is 52.5 Å². The van der Waals surface area contributed by atoms with E-state index in [0.29, 0.717) is 18.3 Å². The van der Waals surface area contributed by atoms with E-state index in [4.69, 9.17) is 4.74 Å². The summed E-state index contributed by atoms with van der Waals surface area (Å²) in [7, 11) is 1.54. The molecule has 1 atom stereocenters. The third-order valence-electron chi connectivity index (χ3n) is 4.73. The maximum atomic E-state index is 9.93. The number of methoxy groups -OCH3 is 1. The molecule has 1 heterocycles. The Morgan fingerprint density at radius 1 is 1.28 bits per heavy atom. The SMILES string of the molecule is CCNC(=NCc1ccc(OC)c(O)c1)NC1CCN(c2ccc(Br)cc2)C1.I. The number of guanidine groups is 1. The molecule has 3 N–H and O–H groups in total. The highest BCUT2D eigenvalue weighted by atomic mass is 127. The third-order valence-corrected chi connectivity index (χ3v) is 5.26. The van der Waals surface area contributed by atoms with Crippen LogP contribution in [0, 0.1) is 0 Å². The standard InChI is InChI=1S/C21H27BrN4O2.HI/c1-3-23-21(24-13-15-4-9-20(28-2)19(27)12-15)25-17-10-11-26(14-17)18-7-5-16(22)6-8-18;/h4-9,12,17,27H,3,10-11,13-14H2,1-2H3,(H2,23,24,25);1H. The lowest BCUT2D eigenvalue weighted by Crippen LogP contribution is -2.44. The van der Waals surface area contributed by atoms with E-state index in [1.165, 1.54) is 5.69 Å². The zero-order chi connectivity index (χ0) is 19.9. The van der Waals surface area contributed by atoms with Gasteiger partial charge in [0.2, 0.25) is 0 Å². The van der Waals surface area contributed by atoms with Crippen LogP contribution in [-0.2, 0) is 6.54 Å². The van der Waals surface area contributed by atoms with Gasteiger partial charge in [-0.15, -0.1) is 24.0 Å². The molecular weight excluding hydrogens is 547 g/mol. The Labute approximate surface area is 197 Å². The molecular formula is C21H28BrIN4O2. The maximum Gasteiger partial charge on any atom is 0.191 e. The van der Waals surface area contributed by atoms with Crippen LogP contribution in [0.5, 0.6) is 11.5 Å². The predicted octanol–water partition coefficient (Wildman–Crippen LogP) is 4.12. The summed E-state index contributed by atoms with van der Waals surface area (Å²) < 4.78 is 6.18. The highest BCUT2D eigenvalue weighted by Gasteiger charge is 2.23. The second-order valence-corrected chi connectivity index (χ2v) is 7.67. The summed E-state index contributed by atoms with van der Waals surface area (Å²) in [6, 6.07) is 14.1. The molecule has 0 radical (unpaired) electrons. The summed E-state index contributed by atoms with van der Waals surface area (Å²) in [4.78, 5) is 7.06. The molecule has 1 unspecified atom stereocenters. The Bertz CT molecular complexity index is 817. The Balaban J connectivity index is 0.00000300. The summed E-state index contributed by atoms with van der Waals surface area (Å²) in [5.41, 5.74) is 2.17. The van der Waals surface area contributed by atoms with Crippen LogP contribution >= 0.6 is 39.9 Å². The first kappa shape index (κ1) is 23.6. The lowest BCUT2D eigenvalue weighted by Gasteiger charge is -2.20. The summed E-state index contributed by atoms with van der Waals surface area (Å²) in [6.07, 6.45) is 1.06. The number of nitrogens with one attached hydrogen (secondary N) is 2. The van der Waals surface area contributed by atoms with E-state index in [-0.39, 0.29) is 29.7 Å². The fraction of sp³-hybridized carbons (Fsp3) is 0.381. The Morgan fingerprint density at radius 3 is 2.69 bits per heavy atom. The number of nitrogens with zero attached hydrogens (tertiary/aromatic N) is 2. The van der Waals surface area contributed by atoms with Crippen LogP contribution in [-0.4, -0.2) is 43.9 Å². The molecule has 29 heavy (non-hydrogen) atoms. The van der Waals surface area contributed by atoms with Crippen molar-refractivity contribution in [2.75, 3.05) is 31.6 Å². The van der Waals surface area contributed by atoms with Crippen molar-refractivity contribution in [2.24, 2.45) is 4.99 Å². The minimum absolute atomic E-state index is 0. The van der Waals surface area contributed by atoms with Crippen LogP contribution in [0.4, 0.5) is 5.69 Å². The van der Waals surface area contributed by atoms with Gasteiger partial charge in [0.05, 0.1) is 13.7 Å². The van der Waals surface area contributed by atoms with Crippen LogP contribution in [0.25, 0.3) is 0 Å². The number of hydrogen-bond donors (Lipinski definition) is 3. The molecule has 2 aromatic carbocycles. The Hall–Kier alpha value is -1.68. The second-order valence-electron chi connectivity index (χ2n) is 6.75. The Kier molecular flexibility index (Phi) is 9.35. The molecule has 1 aliphatic heterocycles. The number of rotatable bonds is 6. The number of phenolic OH excluding ortho intramolecular Hbond substituents is 1. The second kappa shape index (κ2) is 11.5. The lowest BCUT2D eigenvalue weighted by atomic mass is 10.2. The van der Waals surface area contributed by atoms with Crippen molar-refractivity contribution in [3.8, 4) is 11.5 Å². The van der Waals surface area contributed by atoms with Crippen LogP contribution in [0.15, 0.2) is 51.9 Å². The van der Waals surface area contributed by atoms with Gasteiger partial charge in [-0.05, 0) is 55.3 Å². The van der Waals surface area contributed by atoms with Crippen LogP contribution < -0.4 is 20.3 Å². The average Bonchev–Trinajstić information content (AvgIpc) is 3.15. The van der Waals surface area contributed by atoms with Gasteiger partial charge < -0.3 is 25.4 Å². The molecule has 0 bridgehead atoms. The van der Waals surface area contributed by atoms with Gasteiger partial charge in [0.15, 0.2) is 17.5 Å². The van der Waals surface area contributed by atoms with Gasteiger partial charge in [-0.2, -0.15) is 0 Å². The van der Waals surface area contributed by atoms with Crippen molar-refractivity contribution in [1.82, 2.24) is 10.6 Å². The molecule has 1 fully saturated rings. The monoisotopic (exact) mass is 574 g/mol. The first-order valence-electron chi connectivity index (χ1n) is 9.50. The first-order chi connectivity index (χ1) is 13.6. The number of ether oxygens (including phenoxy) is 1. The maximum absolute atomic E-state index is 9.93. The zero-order valence-corrected chi connectivity index (χ0v) is 20.6. The minimum atomic E-state index is 0. The number of phenols is 1. The molecule has 158 valence electrons. The number of benzene rings is 2. The number of hydrogen-bond acceptors (Lipinski definition) is 4. The van der Waals surface area contributed by atoms with E-state index in [1.54, 1.807) is 19.2 Å². The predicted molar refractivity (Wildman–Crippen MR) is 133 cm³/mol. The van der Waals surface area contributed by atoms with Gasteiger partial charge in [0, 0.05) is 35.8 Å². The van der Waals surface area contributed by atoms with E-state index in [9.17, 15) is 5.11 Å². The van der Waals surface area contributed by atoms with Gasteiger partial charge in [-0.3, -0.25) is 0 Å². The summed E-state index contributed by atoms with van der Waals surface area (Å²) in [5.74, 6) is 1.39. The highest BCUT2D eigenvalue weighted by Crippen LogP contribution is 2.26. The lowest BCUT2D eigenvalue weighted by molar-refractivity contribution is 0.373. The molecule has 1 saturated heterocycles. The number of anilines is 1. The van der Waals surface area contributed by atoms with Crippen LogP contribution in [0.2, 0.25) is 0 Å². The number of aliphatic imine (C=N–C) groups is 1. The molecule has 0 amide bonds. The van der Waals surface area contributed by atoms with Crippen molar-refractivity contribution < 1.29 is 9.84 Å². The molecule has 0 saturated carbocycles. The van der Waals surface area contributed by atoms with Gasteiger partial charge in [-0.25, -0.2) is 4.99 Å². The molecule has 1 aliphatic rings. The topological polar surface area (TPSA) is 69.1 Å². The summed E-state index contributed by atoms with van der Waals surface area (Å²) >= 11 is 3.49. The van der Waals surface area contributed by atoms with E-state index in [2.05, 4.69) is 67.6 Å². The molecule has 0 spiro atoms. The number of halogens is 2. The number of aromatic hydroxyl groups is 1. The Morgan fingerprint density at radius 2 is 2.03 bits per heavy atom. The molecule has 0 aliphatic carbocycles. The molecule has 0 aromatic heterocycles. The van der Waals surface area contributed by atoms with Gasteiger partial charge in [0.1, 0.15) is 0 Å². The molecule has 2 aromatic rings. The van der Waals surface area contributed by atoms with Crippen molar-refractivity contribution in [2.45, 2.75) is 25.9 Å². The van der Waals surface area contributed by atoms with E-state index in [1.807, 2.05) is 6.07 Å². The fourth-order valence-electron chi connectivity index (χ4n) is 3.28. The van der Waals surface area contributed by atoms with Crippen molar-refractivity contribution in [1.29, 1.82) is 0 Å². The summed E-state index contributed by atoms with van der Waals surface area (Å²) in [6.45, 7) is 5.29. The smallest absolute Gasteiger partial charge is 0.191 e. The highest BCUT2D eigenvalue weighted by molar-refractivity contribution is 14.0. The fourth-order valence-corrected chi connectivity index (χ4v) is 3.55. The van der Waals surface area contributed by atoms with Gasteiger partial charge in [0.25, 0.3) is 0 Å². The van der Waals surface area contributed by atoms with Crippen LogP contribution in [0.3, 0.4) is 0 Å². The van der Waals surface area contributed by atoms with Crippen molar-refractivity contribution >= 4 is 51.6 Å². The molecule has 8 heteroatoms. The third kappa shape index (κ3) is 6.67. The quantitative estimate of drug-likeness (QED) is 0.275. The molecule has 6 nitrogen and oxygen atoms in total.